The van der Waals surface area contributed by atoms with Crippen molar-refractivity contribution in [3.05, 3.63) is 65.7 Å². The Balaban J connectivity index is 1.68. The maximum Gasteiger partial charge on any atom is 0.229 e. The van der Waals surface area contributed by atoms with Gasteiger partial charge in [0, 0.05) is 25.2 Å². The summed E-state index contributed by atoms with van der Waals surface area (Å²) >= 11 is 0. The Kier molecular flexibility index (Phi) is 5.12. The average molecular weight is 350 g/mol. The van der Waals surface area contributed by atoms with Gasteiger partial charge in [0.05, 0.1) is 5.92 Å². The summed E-state index contributed by atoms with van der Waals surface area (Å²) < 4.78 is 0. The summed E-state index contributed by atoms with van der Waals surface area (Å²) in [5.74, 6) is -0.344. The average Bonchev–Trinajstić information content (AvgIpc) is 2.96. The molecule has 1 N–H and O–H groups in total. The van der Waals surface area contributed by atoms with Gasteiger partial charge in [-0.15, -0.1) is 0 Å². The van der Waals surface area contributed by atoms with E-state index >= 15 is 0 Å². The van der Waals surface area contributed by atoms with Crippen molar-refractivity contribution in [3.8, 4) is 0 Å². The number of benzene rings is 2. The van der Waals surface area contributed by atoms with Gasteiger partial charge in [-0.25, -0.2) is 0 Å². The van der Waals surface area contributed by atoms with Crippen LogP contribution in [0.5, 0.6) is 0 Å². The van der Waals surface area contributed by atoms with Crippen LogP contribution in [0.3, 0.4) is 0 Å². The summed E-state index contributed by atoms with van der Waals surface area (Å²) in [4.78, 5) is 26.8. The largest absolute Gasteiger partial charge is 0.338 e. The van der Waals surface area contributed by atoms with E-state index in [-0.39, 0.29) is 29.6 Å². The SMILES string of the molecule is CC(C)(C)c1ccccc1NC(=O)[C@@H]1CC(=O)N(Cc2ccccc2)C1. The van der Waals surface area contributed by atoms with Crippen LogP contribution in [0.4, 0.5) is 5.69 Å². The molecule has 1 aliphatic rings. The zero-order chi connectivity index (χ0) is 18.7. The summed E-state index contributed by atoms with van der Waals surface area (Å²) in [5.41, 5.74) is 2.95. The fourth-order valence-corrected chi connectivity index (χ4v) is 3.39. The van der Waals surface area contributed by atoms with Gasteiger partial charge in [0.15, 0.2) is 0 Å². The molecular formula is C22H26N2O2. The van der Waals surface area contributed by atoms with E-state index in [2.05, 4.69) is 26.1 Å². The molecule has 1 saturated heterocycles. The number of amides is 2. The number of likely N-dealkylation sites (tertiary alicyclic amines) is 1. The number of hydrogen-bond acceptors (Lipinski definition) is 2. The number of anilines is 1. The molecule has 1 atom stereocenters. The van der Waals surface area contributed by atoms with Gasteiger partial charge in [0.1, 0.15) is 0 Å². The van der Waals surface area contributed by atoms with Crippen molar-refractivity contribution in [1.82, 2.24) is 4.90 Å². The summed E-state index contributed by atoms with van der Waals surface area (Å²) in [6, 6.07) is 17.8. The zero-order valence-electron chi connectivity index (χ0n) is 15.7. The molecule has 0 spiro atoms. The first-order valence-corrected chi connectivity index (χ1v) is 9.06. The number of carbonyl (C=O) groups is 2. The summed E-state index contributed by atoms with van der Waals surface area (Å²) in [5, 5.41) is 3.05. The lowest BCUT2D eigenvalue weighted by Gasteiger charge is -2.23. The molecule has 26 heavy (non-hydrogen) atoms. The van der Waals surface area contributed by atoms with Gasteiger partial charge >= 0.3 is 0 Å². The number of nitrogens with zero attached hydrogens (tertiary/aromatic N) is 1. The first-order chi connectivity index (χ1) is 12.3. The molecule has 0 aliphatic carbocycles. The van der Waals surface area contributed by atoms with Crippen LogP contribution >= 0.6 is 0 Å². The quantitative estimate of drug-likeness (QED) is 0.907. The predicted molar refractivity (Wildman–Crippen MR) is 104 cm³/mol. The lowest BCUT2D eigenvalue weighted by molar-refractivity contribution is -0.128. The van der Waals surface area contributed by atoms with Crippen LogP contribution in [-0.4, -0.2) is 23.3 Å². The number of hydrogen-bond donors (Lipinski definition) is 1. The van der Waals surface area contributed by atoms with Crippen molar-refractivity contribution in [2.45, 2.75) is 39.2 Å². The van der Waals surface area contributed by atoms with E-state index < -0.39 is 0 Å². The molecule has 0 bridgehead atoms. The maximum atomic E-state index is 12.7. The van der Waals surface area contributed by atoms with Crippen LogP contribution in [0.15, 0.2) is 54.6 Å². The van der Waals surface area contributed by atoms with E-state index in [1.54, 1.807) is 4.90 Å². The van der Waals surface area contributed by atoms with E-state index in [1.807, 2.05) is 54.6 Å². The zero-order valence-corrected chi connectivity index (χ0v) is 15.7. The Labute approximate surface area is 155 Å². The molecule has 0 radical (unpaired) electrons. The first kappa shape index (κ1) is 18.2. The molecule has 4 nitrogen and oxygen atoms in total. The fraction of sp³-hybridized carbons (Fsp3) is 0.364. The Bertz CT molecular complexity index is 793. The minimum absolute atomic E-state index is 0.0399. The lowest BCUT2D eigenvalue weighted by Crippen LogP contribution is -2.28. The van der Waals surface area contributed by atoms with Gasteiger partial charge in [-0.2, -0.15) is 0 Å². The molecule has 1 aliphatic heterocycles. The van der Waals surface area contributed by atoms with Gasteiger partial charge in [-0.05, 0) is 22.6 Å². The normalized spacial score (nSPS) is 17.4. The molecule has 0 saturated carbocycles. The van der Waals surface area contributed by atoms with Gasteiger partial charge in [0.2, 0.25) is 11.8 Å². The molecule has 2 aromatic rings. The van der Waals surface area contributed by atoms with Crippen molar-refractivity contribution in [3.63, 3.8) is 0 Å². The standard InChI is InChI=1S/C22H26N2O2/c1-22(2,3)18-11-7-8-12-19(18)23-21(26)17-13-20(25)24(15-17)14-16-9-5-4-6-10-16/h4-12,17H,13-15H2,1-3H3,(H,23,26)/t17-/m1/s1. The minimum Gasteiger partial charge on any atom is -0.338 e. The summed E-state index contributed by atoms with van der Waals surface area (Å²) in [6.45, 7) is 7.40. The second-order valence-corrected chi connectivity index (χ2v) is 7.95. The third-order valence-electron chi connectivity index (χ3n) is 4.79. The molecule has 136 valence electrons. The monoisotopic (exact) mass is 350 g/mol. The van der Waals surface area contributed by atoms with E-state index in [0.717, 1.165) is 16.8 Å². The molecule has 0 aromatic heterocycles. The van der Waals surface area contributed by atoms with Crippen LogP contribution in [0.25, 0.3) is 0 Å². The van der Waals surface area contributed by atoms with Crippen LogP contribution in [0.2, 0.25) is 0 Å². The first-order valence-electron chi connectivity index (χ1n) is 9.06. The summed E-state index contributed by atoms with van der Waals surface area (Å²) in [7, 11) is 0. The third kappa shape index (κ3) is 4.13. The van der Waals surface area contributed by atoms with Crippen molar-refractivity contribution < 1.29 is 9.59 Å². The third-order valence-corrected chi connectivity index (χ3v) is 4.79. The fourth-order valence-electron chi connectivity index (χ4n) is 3.39. The van der Waals surface area contributed by atoms with Gasteiger partial charge in [-0.3, -0.25) is 9.59 Å². The Morgan fingerprint density at radius 1 is 1.08 bits per heavy atom. The summed E-state index contributed by atoms with van der Waals surface area (Å²) in [6.07, 6.45) is 0.274. The highest BCUT2D eigenvalue weighted by molar-refractivity contribution is 5.97. The smallest absolute Gasteiger partial charge is 0.229 e. The highest BCUT2D eigenvalue weighted by Gasteiger charge is 2.34. The van der Waals surface area contributed by atoms with Crippen LogP contribution in [-0.2, 0) is 21.5 Å². The number of nitrogens with one attached hydrogen (secondary N) is 1. The van der Waals surface area contributed by atoms with Crippen LogP contribution in [0, 0.1) is 5.92 Å². The Morgan fingerprint density at radius 3 is 2.42 bits per heavy atom. The van der Waals surface area contributed by atoms with E-state index in [9.17, 15) is 9.59 Å². The number of carbonyl (C=O) groups excluding carboxylic acids is 2. The van der Waals surface area contributed by atoms with Crippen molar-refractivity contribution in [2.24, 2.45) is 5.92 Å². The topological polar surface area (TPSA) is 49.4 Å². The highest BCUT2D eigenvalue weighted by Crippen LogP contribution is 2.30. The molecular weight excluding hydrogens is 324 g/mol. The highest BCUT2D eigenvalue weighted by atomic mass is 16.2. The molecule has 0 unspecified atom stereocenters. The van der Waals surface area contributed by atoms with Gasteiger partial charge < -0.3 is 10.2 Å². The molecule has 2 amide bonds. The molecule has 1 fully saturated rings. The van der Waals surface area contributed by atoms with Crippen molar-refractivity contribution in [1.29, 1.82) is 0 Å². The van der Waals surface area contributed by atoms with E-state index in [0.29, 0.717) is 13.1 Å². The molecule has 4 heteroatoms. The predicted octanol–water partition coefficient (Wildman–Crippen LogP) is 3.97. The Hall–Kier alpha value is -2.62. The van der Waals surface area contributed by atoms with Crippen LogP contribution < -0.4 is 5.32 Å². The van der Waals surface area contributed by atoms with Crippen molar-refractivity contribution in [2.75, 3.05) is 11.9 Å². The number of para-hydroxylation sites is 1. The lowest BCUT2D eigenvalue weighted by atomic mass is 9.85. The maximum absolute atomic E-state index is 12.7. The Morgan fingerprint density at radius 2 is 1.73 bits per heavy atom. The second kappa shape index (κ2) is 7.32. The molecule has 1 heterocycles. The molecule has 3 rings (SSSR count). The minimum atomic E-state index is -0.306. The second-order valence-electron chi connectivity index (χ2n) is 7.95. The van der Waals surface area contributed by atoms with Gasteiger partial charge in [-0.1, -0.05) is 69.3 Å². The number of rotatable bonds is 4. The van der Waals surface area contributed by atoms with Gasteiger partial charge in [0.25, 0.3) is 0 Å². The van der Waals surface area contributed by atoms with E-state index in [4.69, 9.17) is 0 Å². The van der Waals surface area contributed by atoms with Crippen molar-refractivity contribution >= 4 is 17.5 Å². The van der Waals surface area contributed by atoms with E-state index in [1.165, 1.54) is 0 Å². The molecule has 2 aromatic carbocycles. The van der Waals surface area contributed by atoms with Crippen LogP contribution in [0.1, 0.15) is 38.3 Å².